The molecule has 0 unspecified atom stereocenters. The number of carbonyl (C=O) groups is 2. The molecule has 0 radical (unpaired) electrons. The second kappa shape index (κ2) is 34.5. The van der Waals surface area contributed by atoms with Crippen LogP contribution in [0.15, 0.2) is 54.6 Å². The number of ketones is 1. The van der Waals surface area contributed by atoms with Gasteiger partial charge in [0.2, 0.25) is 5.91 Å². The Kier molecular flexibility index (Phi) is 30.0. The van der Waals surface area contributed by atoms with Crippen molar-refractivity contribution in [3.8, 4) is 0 Å². The Balaban J connectivity index is 1.26. The summed E-state index contributed by atoms with van der Waals surface area (Å²) in [7, 11) is 0. The van der Waals surface area contributed by atoms with Crippen LogP contribution in [0.5, 0.6) is 0 Å². The Morgan fingerprint density at radius 3 is 1.80 bits per heavy atom. The topological polar surface area (TPSA) is 195 Å². The van der Waals surface area contributed by atoms with E-state index in [0.717, 1.165) is 69.8 Å². The largest absolute Gasteiger partial charge is 0.394 e. The average Bonchev–Trinajstić information content (AvgIpc) is 3.31. The molecule has 1 saturated heterocycles. The third-order valence-corrected chi connectivity index (χ3v) is 12.5. The number of nitrogens with one attached hydrogen (secondary N) is 1. The van der Waals surface area contributed by atoms with Crippen LogP contribution in [0.3, 0.4) is 0 Å². The SMILES string of the molecule is CCCCCCCCCCCCCC[C@@H](O)[C@@H](O)[C@H](CO[C@H]1O[C@H](CO)[C@H](O)[C@H](O)[C@H]1O)NC(=O)CCCCCCCCCCCCCOCc1cccc(C(=O)c2ccccc2)c1. The van der Waals surface area contributed by atoms with Gasteiger partial charge in [-0.1, -0.05) is 190 Å². The molecule has 0 bridgehead atoms. The maximum atomic E-state index is 13.1. The van der Waals surface area contributed by atoms with Crippen LogP contribution in [0.1, 0.15) is 189 Å². The monoisotopic (exact) mass is 900 g/mol. The highest BCUT2D eigenvalue weighted by molar-refractivity contribution is 6.09. The number of carbonyl (C=O) groups excluding carboxylic acids is 2. The number of ether oxygens (including phenoxy) is 3. The second-order valence-electron chi connectivity index (χ2n) is 18.0. The van der Waals surface area contributed by atoms with Crippen LogP contribution in [0.2, 0.25) is 0 Å². The van der Waals surface area contributed by atoms with E-state index in [1.807, 2.05) is 54.6 Å². The molecule has 0 saturated carbocycles. The molecule has 1 fully saturated rings. The predicted octanol–water partition coefficient (Wildman–Crippen LogP) is 8.23. The Bertz CT molecular complexity index is 1480. The van der Waals surface area contributed by atoms with Crippen LogP contribution in [-0.4, -0.2) is 111 Å². The number of hydrogen-bond acceptors (Lipinski definition) is 11. The summed E-state index contributed by atoms with van der Waals surface area (Å²) in [5.74, 6) is -0.264. The van der Waals surface area contributed by atoms with Crippen molar-refractivity contribution in [1.82, 2.24) is 5.32 Å². The minimum atomic E-state index is -1.62. The van der Waals surface area contributed by atoms with Crippen molar-refractivity contribution in [1.29, 1.82) is 0 Å². The molecule has 3 rings (SSSR count). The fraction of sp³-hybridized carbons (Fsp3) is 0.731. The van der Waals surface area contributed by atoms with Gasteiger partial charge in [0.15, 0.2) is 12.1 Å². The van der Waals surface area contributed by atoms with Crippen molar-refractivity contribution in [2.45, 2.75) is 223 Å². The first-order valence-corrected chi connectivity index (χ1v) is 25.0. The standard InChI is InChI=1S/C52H85NO11/c1-2-3-4-5-6-7-8-10-13-16-19-25-33-44(55)48(58)43(39-63-52-51(61)50(60)49(59)45(37-54)64-52)53-46(56)34-26-20-17-14-11-9-12-15-18-21-27-35-62-38-40-29-28-32-42(36-40)47(57)41-30-23-22-24-31-41/h22-24,28-32,36,43-45,48-52,54-55,58-61H,2-21,25-27,33-35,37-39H2,1H3,(H,53,56)/t43-,44+,45+,48-,49-,50-,51+,52-/m0/s1. The van der Waals surface area contributed by atoms with Gasteiger partial charge < -0.3 is 50.2 Å². The van der Waals surface area contributed by atoms with Crippen molar-refractivity contribution in [2.75, 3.05) is 19.8 Å². The molecule has 12 nitrogen and oxygen atoms in total. The highest BCUT2D eigenvalue weighted by atomic mass is 16.7. The number of rotatable bonds is 38. The average molecular weight is 900 g/mol. The van der Waals surface area contributed by atoms with Gasteiger partial charge in [-0.25, -0.2) is 0 Å². The smallest absolute Gasteiger partial charge is 0.220 e. The zero-order valence-corrected chi connectivity index (χ0v) is 39.0. The summed E-state index contributed by atoms with van der Waals surface area (Å²) in [6.07, 6.45) is 16.8. The molecule has 1 aliphatic heterocycles. The molecule has 8 atom stereocenters. The molecule has 2 aromatic carbocycles. The first-order valence-electron chi connectivity index (χ1n) is 25.0. The molecule has 0 aliphatic carbocycles. The van der Waals surface area contributed by atoms with Crippen LogP contribution in [0.25, 0.3) is 0 Å². The highest BCUT2D eigenvalue weighted by Gasteiger charge is 2.44. The summed E-state index contributed by atoms with van der Waals surface area (Å²) in [6.45, 7) is 2.50. The van der Waals surface area contributed by atoms with Crippen LogP contribution in [0, 0.1) is 0 Å². The van der Waals surface area contributed by atoms with Gasteiger partial charge in [-0.05, 0) is 30.9 Å². The highest BCUT2D eigenvalue weighted by Crippen LogP contribution is 2.23. The molecular weight excluding hydrogens is 815 g/mol. The van der Waals surface area contributed by atoms with E-state index in [9.17, 15) is 40.2 Å². The molecular formula is C52H85NO11. The van der Waals surface area contributed by atoms with Crippen molar-refractivity contribution >= 4 is 11.7 Å². The predicted molar refractivity (Wildman–Crippen MR) is 251 cm³/mol. The molecule has 1 heterocycles. The maximum Gasteiger partial charge on any atom is 0.220 e. The van der Waals surface area contributed by atoms with Gasteiger partial charge in [0.05, 0.1) is 32.0 Å². The van der Waals surface area contributed by atoms with E-state index in [1.54, 1.807) is 0 Å². The van der Waals surface area contributed by atoms with E-state index in [0.29, 0.717) is 37.2 Å². The second-order valence-corrected chi connectivity index (χ2v) is 18.0. The molecule has 12 heteroatoms. The Morgan fingerprint density at radius 2 is 1.20 bits per heavy atom. The van der Waals surface area contributed by atoms with Crippen LogP contribution >= 0.6 is 0 Å². The summed E-state index contributed by atoms with van der Waals surface area (Å²) in [4.78, 5) is 25.8. The lowest BCUT2D eigenvalue weighted by atomic mass is 9.98. The Labute approximate surface area is 384 Å². The number of benzene rings is 2. The van der Waals surface area contributed by atoms with Gasteiger partial charge in [-0.2, -0.15) is 0 Å². The lowest BCUT2D eigenvalue weighted by Gasteiger charge is -2.40. The van der Waals surface area contributed by atoms with Crippen molar-refractivity contribution in [2.24, 2.45) is 0 Å². The lowest BCUT2D eigenvalue weighted by molar-refractivity contribution is -0.303. The fourth-order valence-electron chi connectivity index (χ4n) is 8.37. The summed E-state index contributed by atoms with van der Waals surface area (Å²) in [5.41, 5.74) is 2.36. The third-order valence-electron chi connectivity index (χ3n) is 12.5. The minimum Gasteiger partial charge on any atom is -0.394 e. The summed E-state index contributed by atoms with van der Waals surface area (Å²) >= 11 is 0. The number of amides is 1. The quantitative estimate of drug-likeness (QED) is 0.0254. The first kappa shape index (κ1) is 55.5. The van der Waals surface area contributed by atoms with E-state index < -0.39 is 55.6 Å². The van der Waals surface area contributed by atoms with Gasteiger partial charge in [0.25, 0.3) is 0 Å². The van der Waals surface area contributed by atoms with Crippen LogP contribution in [-0.2, 0) is 25.6 Å². The van der Waals surface area contributed by atoms with E-state index in [2.05, 4.69) is 12.2 Å². The molecule has 7 N–H and O–H groups in total. The first-order chi connectivity index (χ1) is 31.2. The van der Waals surface area contributed by atoms with Gasteiger partial charge >= 0.3 is 0 Å². The molecule has 0 aromatic heterocycles. The third kappa shape index (κ3) is 22.6. The van der Waals surface area contributed by atoms with Crippen molar-refractivity contribution in [3.05, 3.63) is 71.3 Å². The van der Waals surface area contributed by atoms with Gasteiger partial charge in [-0.3, -0.25) is 9.59 Å². The normalized spacial score (nSPS) is 20.2. The van der Waals surface area contributed by atoms with E-state index >= 15 is 0 Å². The zero-order valence-electron chi connectivity index (χ0n) is 39.0. The zero-order chi connectivity index (χ0) is 46.2. The lowest BCUT2D eigenvalue weighted by Crippen LogP contribution is -2.60. The van der Waals surface area contributed by atoms with E-state index in [4.69, 9.17) is 14.2 Å². The van der Waals surface area contributed by atoms with Crippen LogP contribution in [0.4, 0.5) is 0 Å². The van der Waals surface area contributed by atoms with Gasteiger partial charge in [0.1, 0.15) is 30.5 Å². The molecule has 2 aromatic rings. The number of aliphatic hydroxyl groups excluding tert-OH is 6. The number of unbranched alkanes of at least 4 members (excludes halogenated alkanes) is 21. The van der Waals surface area contributed by atoms with Crippen molar-refractivity contribution in [3.63, 3.8) is 0 Å². The van der Waals surface area contributed by atoms with E-state index in [1.165, 1.54) is 77.0 Å². The minimum absolute atomic E-state index is 0.0196. The summed E-state index contributed by atoms with van der Waals surface area (Å²) in [5, 5.41) is 65.3. The number of aliphatic hydroxyl groups is 6. The Morgan fingerprint density at radius 1 is 0.656 bits per heavy atom. The van der Waals surface area contributed by atoms with Crippen molar-refractivity contribution < 1.29 is 54.4 Å². The fourth-order valence-corrected chi connectivity index (χ4v) is 8.37. The van der Waals surface area contributed by atoms with Gasteiger partial charge in [-0.15, -0.1) is 0 Å². The molecule has 364 valence electrons. The molecule has 0 spiro atoms. The summed E-state index contributed by atoms with van der Waals surface area (Å²) < 4.78 is 17.1. The Hall–Kier alpha value is -2.78. The molecule has 1 amide bonds. The molecule has 64 heavy (non-hydrogen) atoms. The van der Waals surface area contributed by atoms with E-state index in [-0.39, 0.29) is 24.7 Å². The number of hydrogen-bond donors (Lipinski definition) is 7. The molecule has 1 aliphatic rings. The maximum absolute atomic E-state index is 13.1. The van der Waals surface area contributed by atoms with Gasteiger partial charge in [0, 0.05) is 24.2 Å². The summed E-state index contributed by atoms with van der Waals surface area (Å²) in [6, 6.07) is 16.0. The van der Waals surface area contributed by atoms with Crippen LogP contribution < -0.4 is 5.32 Å².